The maximum absolute atomic E-state index is 10.8. The van der Waals surface area contributed by atoms with E-state index in [9.17, 15) is 15.0 Å². The first kappa shape index (κ1) is 10.6. The molecule has 0 radical (unpaired) electrons. The molecule has 0 bridgehead atoms. The molecular weight excluding hydrogens is 186 g/mol. The van der Waals surface area contributed by atoms with Crippen LogP contribution in [0, 0.1) is 5.92 Å². The van der Waals surface area contributed by atoms with Gasteiger partial charge in [0.15, 0.2) is 0 Å². The Labute approximate surface area is 80.4 Å². The maximum atomic E-state index is 10.8. The lowest BCUT2D eigenvalue weighted by Gasteiger charge is -2.25. The van der Waals surface area contributed by atoms with Crippen molar-refractivity contribution >= 4 is 5.91 Å². The van der Waals surface area contributed by atoms with E-state index < -0.39 is 17.6 Å². The Morgan fingerprint density at radius 1 is 1.50 bits per heavy atom. The molecule has 1 heterocycles. The lowest BCUT2D eigenvalue weighted by molar-refractivity contribution is -0.205. The largest absolute Gasteiger partial charge is 0.369 e. The Balaban J connectivity index is 3.02. The summed E-state index contributed by atoms with van der Waals surface area (Å²) in [6, 6.07) is 0. The van der Waals surface area contributed by atoms with Crippen LogP contribution in [0.25, 0.3) is 0 Å². The van der Waals surface area contributed by atoms with E-state index in [1.54, 1.807) is 0 Å². The number of aliphatic hydroxyl groups is 2. The normalized spacial score (nSPS) is 13.6. The zero-order chi connectivity index (χ0) is 10.8. The van der Waals surface area contributed by atoms with Crippen molar-refractivity contribution in [1.82, 2.24) is 9.97 Å². The van der Waals surface area contributed by atoms with Crippen LogP contribution < -0.4 is 5.73 Å². The van der Waals surface area contributed by atoms with Crippen LogP contribution in [0.1, 0.15) is 12.5 Å². The van der Waals surface area contributed by atoms with E-state index in [0.717, 1.165) is 0 Å². The van der Waals surface area contributed by atoms with Gasteiger partial charge in [-0.1, -0.05) is 0 Å². The van der Waals surface area contributed by atoms with Gasteiger partial charge in [-0.3, -0.25) is 4.79 Å². The first-order chi connectivity index (χ1) is 6.46. The lowest BCUT2D eigenvalue weighted by atomic mass is 9.95. The summed E-state index contributed by atoms with van der Waals surface area (Å²) in [4.78, 5) is 18.0. The van der Waals surface area contributed by atoms with Crippen molar-refractivity contribution < 1.29 is 15.0 Å². The highest BCUT2D eigenvalue weighted by Gasteiger charge is 2.37. The quantitative estimate of drug-likeness (QED) is 0.524. The highest BCUT2D eigenvalue weighted by atomic mass is 16.5. The van der Waals surface area contributed by atoms with Gasteiger partial charge >= 0.3 is 0 Å². The van der Waals surface area contributed by atoms with E-state index in [1.807, 2.05) is 0 Å². The third-order valence-corrected chi connectivity index (χ3v) is 2.02. The molecule has 0 spiro atoms. The molecule has 1 atom stereocenters. The average molecular weight is 197 g/mol. The van der Waals surface area contributed by atoms with Gasteiger partial charge in [-0.15, -0.1) is 0 Å². The summed E-state index contributed by atoms with van der Waals surface area (Å²) in [6.45, 7) is 1.31. The predicted molar refractivity (Wildman–Crippen MR) is 46.5 cm³/mol. The van der Waals surface area contributed by atoms with Gasteiger partial charge in [-0.25, -0.2) is 9.97 Å². The van der Waals surface area contributed by atoms with E-state index in [-0.39, 0.29) is 5.56 Å². The molecule has 6 nitrogen and oxygen atoms in total. The van der Waals surface area contributed by atoms with Crippen LogP contribution in [-0.4, -0.2) is 26.1 Å². The number of nitrogens with two attached hydrogens (primary N) is 1. The van der Waals surface area contributed by atoms with Gasteiger partial charge < -0.3 is 15.9 Å². The highest BCUT2D eigenvalue weighted by molar-refractivity contribution is 5.77. The summed E-state index contributed by atoms with van der Waals surface area (Å²) in [6.07, 6.45) is 3.67. The molecule has 6 heteroatoms. The summed E-state index contributed by atoms with van der Waals surface area (Å²) in [5.41, 5.74) is 4.99. The fourth-order valence-electron chi connectivity index (χ4n) is 0.937. The Bertz CT molecular complexity index is 326. The van der Waals surface area contributed by atoms with Crippen LogP contribution in [0.2, 0.25) is 0 Å². The van der Waals surface area contributed by atoms with Crippen molar-refractivity contribution in [2.24, 2.45) is 11.7 Å². The van der Waals surface area contributed by atoms with Crippen LogP contribution in [0.5, 0.6) is 0 Å². The van der Waals surface area contributed by atoms with Crippen molar-refractivity contribution in [3.05, 3.63) is 24.3 Å². The summed E-state index contributed by atoms with van der Waals surface area (Å²) >= 11 is 0. The van der Waals surface area contributed by atoms with E-state index in [2.05, 4.69) is 9.97 Å². The third-order valence-electron chi connectivity index (χ3n) is 2.02. The number of rotatable bonds is 3. The van der Waals surface area contributed by atoms with Gasteiger partial charge in [0, 0.05) is 18.0 Å². The summed E-state index contributed by atoms with van der Waals surface area (Å²) < 4.78 is 0. The van der Waals surface area contributed by atoms with Crippen LogP contribution in [-0.2, 0) is 10.6 Å². The standard InChI is InChI=1S/C8H11N3O3/c1-5(7(9)12)8(13,14)6-2-10-4-11-3-6/h2-5,13-14H,1H3,(H2,9,12). The summed E-state index contributed by atoms with van der Waals surface area (Å²) in [7, 11) is 0. The molecule has 0 saturated heterocycles. The number of carbonyl (C=O) groups excluding carboxylic acids is 1. The molecular formula is C8H11N3O3. The minimum Gasteiger partial charge on any atom is -0.369 e. The number of carbonyl (C=O) groups is 1. The average Bonchev–Trinajstić information content (AvgIpc) is 2.18. The smallest absolute Gasteiger partial charge is 0.226 e. The maximum Gasteiger partial charge on any atom is 0.226 e. The number of hydrogen-bond donors (Lipinski definition) is 3. The third kappa shape index (κ3) is 1.86. The summed E-state index contributed by atoms with van der Waals surface area (Å²) in [5, 5.41) is 19.2. The second-order valence-corrected chi connectivity index (χ2v) is 2.98. The van der Waals surface area contributed by atoms with Gasteiger partial charge in [0.1, 0.15) is 6.33 Å². The molecule has 1 aromatic rings. The lowest BCUT2D eigenvalue weighted by Crippen LogP contribution is -2.41. The monoisotopic (exact) mass is 197 g/mol. The van der Waals surface area contributed by atoms with Crippen molar-refractivity contribution in [1.29, 1.82) is 0 Å². The van der Waals surface area contributed by atoms with Crippen molar-refractivity contribution in [3.8, 4) is 0 Å². The fraction of sp³-hybridized carbons (Fsp3) is 0.375. The first-order valence-corrected chi connectivity index (χ1v) is 3.95. The fourth-order valence-corrected chi connectivity index (χ4v) is 0.937. The van der Waals surface area contributed by atoms with Gasteiger partial charge in [-0.05, 0) is 6.92 Å². The first-order valence-electron chi connectivity index (χ1n) is 3.95. The number of hydrogen-bond acceptors (Lipinski definition) is 5. The summed E-state index contributed by atoms with van der Waals surface area (Å²) in [5.74, 6) is -4.26. The molecule has 1 rings (SSSR count). The van der Waals surface area contributed by atoms with Gasteiger partial charge in [0.2, 0.25) is 11.7 Å². The van der Waals surface area contributed by atoms with Gasteiger partial charge in [0.25, 0.3) is 0 Å². The minimum atomic E-state index is -2.33. The van der Waals surface area contributed by atoms with Gasteiger partial charge in [0.05, 0.1) is 5.92 Å². The molecule has 0 aliphatic heterocycles. The van der Waals surface area contributed by atoms with E-state index in [4.69, 9.17) is 5.73 Å². The molecule has 0 saturated carbocycles. The Morgan fingerprint density at radius 3 is 2.43 bits per heavy atom. The van der Waals surface area contributed by atoms with Crippen LogP contribution >= 0.6 is 0 Å². The Hall–Kier alpha value is -1.53. The van der Waals surface area contributed by atoms with E-state index in [0.29, 0.717) is 0 Å². The van der Waals surface area contributed by atoms with Crippen LogP contribution in [0.4, 0.5) is 0 Å². The van der Waals surface area contributed by atoms with Crippen molar-refractivity contribution in [2.45, 2.75) is 12.7 Å². The van der Waals surface area contributed by atoms with Crippen molar-refractivity contribution in [3.63, 3.8) is 0 Å². The zero-order valence-corrected chi connectivity index (χ0v) is 7.58. The van der Waals surface area contributed by atoms with Crippen molar-refractivity contribution in [2.75, 3.05) is 0 Å². The number of aromatic nitrogens is 2. The van der Waals surface area contributed by atoms with Crippen LogP contribution in [0.15, 0.2) is 18.7 Å². The number of amides is 1. The van der Waals surface area contributed by atoms with E-state index >= 15 is 0 Å². The molecule has 1 amide bonds. The zero-order valence-electron chi connectivity index (χ0n) is 7.58. The van der Waals surface area contributed by atoms with Gasteiger partial charge in [-0.2, -0.15) is 0 Å². The molecule has 76 valence electrons. The van der Waals surface area contributed by atoms with Crippen LogP contribution in [0.3, 0.4) is 0 Å². The molecule has 0 aliphatic rings. The molecule has 14 heavy (non-hydrogen) atoms. The molecule has 0 aromatic carbocycles. The second kappa shape index (κ2) is 3.69. The highest BCUT2D eigenvalue weighted by Crippen LogP contribution is 2.24. The molecule has 0 fully saturated rings. The molecule has 1 unspecified atom stereocenters. The molecule has 4 N–H and O–H groups in total. The second-order valence-electron chi connectivity index (χ2n) is 2.98. The Kier molecular flexibility index (Phi) is 2.78. The molecule has 0 aliphatic carbocycles. The number of nitrogens with zero attached hydrogens (tertiary/aromatic N) is 2. The SMILES string of the molecule is CC(C(N)=O)C(O)(O)c1cncnc1. The minimum absolute atomic E-state index is 0.0336. The topological polar surface area (TPSA) is 109 Å². The predicted octanol–water partition coefficient (Wildman–Crippen LogP) is -1.26. The Morgan fingerprint density at radius 2 is 2.00 bits per heavy atom. The number of primary amides is 1. The van der Waals surface area contributed by atoms with E-state index in [1.165, 1.54) is 25.6 Å². The molecule has 1 aromatic heterocycles.